The molecule has 0 saturated carbocycles. The Morgan fingerprint density at radius 1 is 1.07 bits per heavy atom. The van der Waals surface area contributed by atoms with E-state index in [1.54, 1.807) is 43.3 Å². The Bertz CT molecular complexity index is 1120. The number of rotatable bonds is 3. The zero-order chi connectivity index (χ0) is 20.0. The van der Waals surface area contributed by atoms with Gasteiger partial charge in [0.05, 0.1) is 21.8 Å². The number of hydrogen-bond donors (Lipinski definition) is 1. The van der Waals surface area contributed by atoms with E-state index in [1.807, 2.05) is 0 Å². The van der Waals surface area contributed by atoms with Gasteiger partial charge in [0.25, 0.3) is 17.7 Å². The number of aryl methyl sites for hydroxylation is 1. The maximum Gasteiger partial charge on any atom is 0.291 e. The second kappa shape index (κ2) is 6.92. The van der Waals surface area contributed by atoms with Gasteiger partial charge in [-0.3, -0.25) is 14.4 Å². The van der Waals surface area contributed by atoms with E-state index in [0.717, 1.165) is 4.90 Å². The quantitative estimate of drug-likeness (QED) is 0.555. The summed E-state index contributed by atoms with van der Waals surface area (Å²) in [7, 11) is 0. The molecule has 4 rings (SSSR count). The summed E-state index contributed by atoms with van der Waals surface area (Å²) in [6.07, 6.45) is 0. The highest BCUT2D eigenvalue weighted by molar-refractivity contribution is 9.10. The van der Waals surface area contributed by atoms with Gasteiger partial charge < -0.3 is 9.73 Å². The van der Waals surface area contributed by atoms with Gasteiger partial charge in [-0.1, -0.05) is 23.7 Å². The van der Waals surface area contributed by atoms with Crippen molar-refractivity contribution in [3.63, 3.8) is 0 Å². The smallest absolute Gasteiger partial charge is 0.291 e. The Morgan fingerprint density at radius 3 is 2.25 bits per heavy atom. The van der Waals surface area contributed by atoms with Crippen molar-refractivity contribution >= 4 is 56.6 Å². The highest BCUT2D eigenvalue weighted by atomic mass is 79.9. The molecule has 3 amide bonds. The van der Waals surface area contributed by atoms with Gasteiger partial charge in [-0.15, -0.1) is 0 Å². The molecule has 28 heavy (non-hydrogen) atoms. The number of nitrogens with one attached hydrogen (secondary N) is 1. The Morgan fingerprint density at radius 2 is 1.71 bits per heavy atom. The molecule has 0 aliphatic carbocycles. The molecule has 1 aliphatic rings. The molecule has 0 atom stereocenters. The highest BCUT2D eigenvalue weighted by Crippen LogP contribution is 2.35. The zero-order valence-corrected chi connectivity index (χ0v) is 16.8. The topological polar surface area (TPSA) is 79.6 Å². The largest absolute Gasteiger partial charge is 0.444 e. The average Bonchev–Trinajstić information content (AvgIpc) is 3.13. The molecule has 3 aromatic rings. The van der Waals surface area contributed by atoms with Gasteiger partial charge in [-0.25, -0.2) is 4.90 Å². The summed E-state index contributed by atoms with van der Waals surface area (Å²) in [5, 5.41) is 2.84. The molecule has 0 fully saturated rings. The lowest BCUT2D eigenvalue weighted by atomic mass is 10.1. The van der Waals surface area contributed by atoms with E-state index in [1.165, 1.54) is 12.1 Å². The molecule has 1 aromatic heterocycles. The van der Waals surface area contributed by atoms with Gasteiger partial charge in [-0.2, -0.15) is 0 Å². The second-order valence-electron chi connectivity index (χ2n) is 6.17. The molecule has 0 unspecified atom stereocenters. The Labute approximate surface area is 173 Å². The number of halogens is 2. The van der Waals surface area contributed by atoms with E-state index in [0.29, 0.717) is 27.0 Å². The number of hydrogen-bond acceptors (Lipinski definition) is 4. The summed E-state index contributed by atoms with van der Waals surface area (Å²) in [5.41, 5.74) is 2.00. The van der Waals surface area contributed by atoms with E-state index >= 15 is 0 Å². The number of benzene rings is 2. The molecule has 140 valence electrons. The van der Waals surface area contributed by atoms with Crippen molar-refractivity contribution in [1.82, 2.24) is 0 Å². The highest BCUT2D eigenvalue weighted by Gasteiger charge is 2.37. The number of fused-ring (bicyclic) bond motifs is 1. The minimum absolute atomic E-state index is 0.157. The van der Waals surface area contributed by atoms with Crippen molar-refractivity contribution in [3.05, 3.63) is 80.7 Å². The average molecular weight is 460 g/mol. The molecule has 2 heterocycles. The lowest BCUT2D eigenvalue weighted by molar-refractivity contribution is 0.0924. The van der Waals surface area contributed by atoms with Gasteiger partial charge >= 0.3 is 0 Å². The lowest BCUT2D eigenvalue weighted by Gasteiger charge is -2.16. The first kappa shape index (κ1) is 18.5. The maximum absolute atomic E-state index is 12.6. The van der Waals surface area contributed by atoms with Gasteiger partial charge in [0, 0.05) is 11.3 Å². The fourth-order valence-corrected chi connectivity index (χ4v) is 3.80. The van der Waals surface area contributed by atoms with Gasteiger partial charge in [0.2, 0.25) is 0 Å². The molecule has 0 spiro atoms. The fourth-order valence-electron chi connectivity index (χ4n) is 3.03. The van der Waals surface area contributed by atoms with Crippen LogP contribution in [0.15, 0.2) is 57.6 Å². The van der Waals surface area contributed by atoms with Crippen molar-refractivity contribution in [3.8, 4) is 0 Å². The molecule has 0 radical (unpaired) electrons. The molecule has 6 nitrogen and oxygen atoms in total. The molecule has 8 heteroatoms. The van der Waals surface area contributed by atoms with Crippen LogP contribution in [-0.2, 0) is 0 Å². The second-order valence-corrected chi connectivity index (χ2v) is 7.36. The summed E-state index contributed by atoms with van der Waals surface area (Å²) in [5.74, 6) is -1.13. The predicted molar refractivity (Wildman–Crippen MR) is 108 cm³/mol. The van der Waals surface area contributed by atoms with Crippen LogP contribution < -0.4 is 10.2 Å². The number of imide groups is 1. The van der Waals surface area contributed by atoms with E-state index in [2.05, 4.69) is 21.2 Å². The summed E-state index contributed by atoms with van der Waals surface area (Å²) in [6, 6.07) is 12.8. The third-order valence-corrected chi connectivity index (χ3v) is 5.03. The van der Waals surface area contributed by atoms with E-state index in [-0.39, 0.29) is 16.5 Å². The van der Waals surface area contributed by atoms with Crippen molar-refractivity contribution in [2.75, 3.05) is 10.2 Å². The first-order valence-corrected chi connectivity index (χ1v) is 9.38. The maximum atomic E-state index is 12.6. The number of anilines is 2. The van der Waals surface area contributed by atoms with Crippen molar-refractivity contribution in [1.29, 1.82) is 0 Å². The normalized spacial score (nSPS) is 13.0. The van der Waals surface area contributed by atoms with Gasteiger partial charge in [-0.05, 0) is 59.3 Å². The number of amides is 3. The number of nitrogens with zero attached hydrogens (tertiary/aromatic N) is 1. The Balaban J connectivity index is 1.61. The molecule has 1 N–H and O–H groups in total. The Hall–Kier alpha value is -2.90. The standard InChI is InChI=1S/C20H12BrClN2O4/c1-10-8-16(21)28-17(10)18(25)23-11-6-7-15(14(22)9-11)24-19(26)12-4-2-3-5-13(12)20(24)27/h2-9H,1H3,(H,23,25). The van der Waals surface area contributed by atoms with Crippen LogP contribution in [0.3, 0.4) is 0 Å². The number of furan rings is 1. The fraction of sp³-hybridized carbons (Fsp3) is 0.0500. The van der Waals surface area contributed by atoms with Crippen LogP contribution in [0.1, 0.15) is 36.8 Å². The monoisotopic (exact) mass is 458 g/mol. The van der Waals surface area contributed by atoms with E-state index in [4.69, 9.17) is 16.0 Å². The third kappa shape index (κ3) is 3.02. The minimum atomic E-state index is -0.437. The lowest BCUT2D eigenvalue weighted by Crippen LogP contribution is -2.29. The number of carbonyl (C=O) groups excluding carboxylic acids is 3. The van der Waals surface area contributed by atoms with Crippen molar-refractivity contribution < 1.29 is 18.8 Å². The molecular weight excluding hydrogens is 448 g/mol. The predicted octanol–water partition coefficient (Wildman–Crippen LogP) is 5.06. The molecule has 0 saturated heterocycles. The molecular formula is C20H12BrClN2O4. The number of carbonyl (C=O) groups is 3. The molecule has 1 aliphatic heterocycles. The summed E-state index contributed by atoms with van der Waals surface area (Å²) < 4.78 is 5.77. The summed E-state index contributed by atoms with van der Waals surface area (Å²) in [6.45, 7) is 1.75. The SMILES string of the molecule is Cc1cc(Br)oc1C(=O)Nc1ccc(N2C(=O)c3ccccc3C2=O)c(Cl)c1. The van der Waals surface area contributed by atoms with Crippen LogP contribution in [0.25, 0.3) is 0 Å². The third-order valence-electron chi connectivity index (χ3n) is 4.33. The molecule has 0 bridgehead atoms. The first-order chi connectivity index (χ1) is 13.4. The van der Waals surface area contributed by atoms with Gasteiger partial charge in [0.1, 0.15) is 0 Å². The van der Waals surface area contributed by atoms with Crippen molar-refractivity contribution in [2.24, 2.45) is 0 Å². The first-order valence-electron chi connectivity index (χ1n) is 8.21. The van der Waals surface area contributed by atoms with E-state index < -0.39 is 17.7 Å². The molecule has 2 aromatic carbocycles. The summed E-state index contributed by atoms with van der Waals surface area (Å²) >= 11 is 9.50. The minimum Gasteiger partial charge on any atom is -0.444 e. The van der Waals surface area contributed by atoms with Crippen molar-refractivity contribution in [2.45, 2.75) is 6.92 Å². The van der Waals surface area contributed by atoms with Gasteiger partial charge in [0.15, 0.2) is 10.4 Å². The zero-order valence-electron chi connectivity index (χ0n) is 14.5. The Kier molecular flexibility index (Phi) is 4.56. The van der Waals surface area contributed by atoms with Crippen LogP contribution in [-0.4, -0.2) is 17.7 Å². The van der Waals surface area contributed by atoms with Crippen LogP contribution in [0.5, 0.6) is 0 Å². The summed E-state index contributed by atoms with van der Waals surface area (Å²) in [4.78, 5) is 38.6. The van der Waals surface area contributed by atoms with Crippen LogP contribution >= 0.6 is 27.5 Å². The van der Waals surface area contributed by atoms with Crippen LogP contribution in [0.4, 0.5) is 11.4 Å². The van der Waals surface area contributed by atoms with E-state index in [9.17, 15) is 14.4 Å². The van der Waals surface area contributed by atoms with Crippen LogP contribution in [0.2, 0.25) is 5.02 Å². The van der Waals surface area contributed by atoms with Crippen LogP contribution in [0, 0.1) is 6.92 Å².